The van der Waals surface area contributed by atoms with Crippen LogP contribution in [0.2, 0.25) is 0 Å². The summed E-state index contributed by atoms with van der Waals surface area (Å²) in [5.74, 6) is 0.620. The number of hydrogen-bond donors (Lipinski definition) is 1. The lowest BCUT2D eigenvalue weighted by Crippen LogP contribution is -2.34. The van der Waals surface area contributed by atoms with E-state index in [4.69, 9.17) is 4.74 Å². The molecule has 3 heterocycles. The maximum Gasteiger partial charge on any atom is 0.252 e. The minimum absolute atomic E-state index is 0.115. The molecule has 0 unspecified atom stereocenters. The summed E-state index contributed by atoms with van der Waals surface area (Å²) in [5, 5.41) is 11.9. The van der Waals surface area contributed by atoms with Gasteiger partial charge in [-0.3, -0.25) is 19.1 Å². The number of aromatic nitrogens is 4. The Bertz CT molecular complexity index is 1400. The normalized spacial score (nSPS) is 16.4. The number of nitrogens with one attached hydrogen (secondary N) is 1. The van der Waals surface area contributed by atoms with Crippen LogP contribution in [-0.2, 0) is 14.1 Å². The number of benzene rings is 2. The van der Waals surface area contributed by atoms with E-state index in [0.29, 0.717) is 18.2 Å². The third-order valence-corrected chi connectivity index (χ3v) is 7.68. The standard InChI is InChI=1S/C31H38N6O2/c1-6-37-11-7-8-28(37)20-39-29-10-9-21(2)30(15-29)31(38)34-22(3)23-12-24(26-16-32-35(4)18-26)14-25(13-23)27-17-33-36(5)19-27/h9-10,12-19,22,28H,6-8,11,20H2,1-5H3,(H,34,38)/t22-,28+/m1/s1. The molecule has 1 aliphatic rings. The van der Waals surface area contributed by atoms with Gasteiger partial charge in [-0.05, 0) is 92.4 Å². The van der Waals surface area contributed by atoms with Crippen molar-refractivity contribution in [2.75, 3.05) is 19.7 Å². The smallest absolute Gasteiger partial charge is 0.252 e. The largest absolute Gasteiger partial charge is 0.492 e. The Hall–Kier alpha value is -3.91. The summed E-state index contributed by atoms with van der Waals surface area (Å²) < 4.78 is 9.74. The van der Waals surface area contributed by atoms with E-state index < -0.39 is 0 Å². The maximum atomic E-state index is 13.5. The van der Waals surface area contributed by atoms with Crippen LogP contribution in [0.5, 0.6) is 5.75 Å². The fraction of sp³-hybridized carbons (Fsp3) is 0.387. The van der Waals surface area contributed by atoms with Crippen LogP contribution in [0.25, 0.3) is 22.3 Å². The predicted molar refractivity (Wildman–Crippen MR) is 154 cm³/mol. The number of likely N-dealkylation sites (N-methyl/N-ethyl adjacent to an activating group) is 1. The highest BCUT2D eigenvalue weighted by molar-refractivity contribution is 5.96. The van der Waals surface area contributed by atoms with Gasteiger partial charge in [0, 0.05) is 49.2 Å². The Balaban J connectivity index is 1.36. The minimum Gasteiger partial charge on any atom is -0.492 e. The number of rotatable bonds is 9. The van der Waals surface area contributed by atoms with E-state index in [0.717, 1.165) is 58.6 Å². The van der Waals surface area contributed by atoms with Gasteiger partial charge in [0.2, 0.25) is 0 Å². The molecule has 2 aromatic carbocycles. The molecule has 1 aliphatic heterocycles. The molecule has 2 atom stereocenters. The van der Waals surface area contributed by atoms with Crippen molar-refractivity contribution in [3.63, 3.8) is 0 Å². The summed E-state index contributed by atoms with van der Waals surface area (Å²) in [4.78, 5) is 15.9. The highest BCUT2D eigenvalue weighted by Crippen LogP contribution is 2.31. The second-order valence-corrected chi connectivity index (χ2v) is 10.6. The molecule has 5 rings (SSSR count). The summed E-state index contributed by atoms with van der Waals surface area (Å²) in [6.07, 6.45) is 10.1. The van der Waals surface area contributed by atoms with Gasteiger partial charge in [-0.1, -0.05) is 13.0 Å². The van der Waals surface area contributed by atoms with Crippen LogP contribution in [0.1, 0.15) is 54.2 Å². The highest BCUT2D eigenvalue weighted by atomic mass is 16.5. The van der Waals surface area contributed by atoms with E-state index in [9.17, 15) is 4.79 Å². The van der Waals surface area contributed by atoms with Gasteiger partial charge in [0.1, 0.15) is 12.4 Å². The van der Waals surface area contributed by atoms with Gasteiger partial charge in [0.05, 0.1) is 18.4 Å². The molecule has 4 aromatic rings. The molecule has 2 aromatic heterocycles. The summed E-state index contributed by atoms with van der Waals surface area (Å²) in [6, 6.07) is 12.4. The Kier molecular flexibility index (Phi) is 7.84. The number of aryl methyl sites for hydroxylation is 3. The molecule has 1 fully saturated rings. The first-order valence-electron chi connectivity index (χ1n) is 13.7. The Labute approximate surface area is 230 Å². The molecule has 0 aliphatic carbocycles. The molecule has 204 valence electrons. The molecule has 0 saturated carbocycles. The lowest BCUT2D eigenvalue weighted by atomic mass is 9.96. The summed E-state index contributed by atoms with van der Waals surface area (Å²) in [7, 11) is 3.82. The Morgan fingerprint density at radius 2 is 1.69 bits per heavy atom. The Morgan fingerprint density at radius 1 is 1.03 bits per heavy atom. The summed E-state index contributed by atoms with van der Waals surface area (Å²) in [6.45, 7) is 8.99. The number of hydrogen-bond acceptors (Lipinski definition) is 5. The zero-order chi connectivity index (χ0) is 27.5. The van der Waals surface area contributed by atoms with Crippen molar-refractivity contribution in [2.24, 2.45) is 14.1 Å². The molecule has 39 heavy (non-hydrogen) atoms. The van der Waals surface area contributed by atoms with Gasteiger partial charge in [0.25, 0.3) is 5.91 Å². The number of carbonyl (C=O) groups is 1. The van der Waals surface area contributed by atoms with Crippen molar-refractivity contribution in [3.8, 4) is 28.0 Å². The molecule has 0 spiro atoms. The molecule has 1 amide bonds. The van der Waals surface area contributed by atoms with Crippen LogP contribution in [0.3, 0.4) is 0 Å². The van der Waals surface area contributed by atoms with Crippen LogP contribution in [0.4, 0.5) is 0 Å². The van der Waals surface area contributed by atoms with Gasteiger partial charge in [-0.15, -0.1) is 0 Å². The van der Waals surface area contributed by atoms with Crippen LogP contribution in [-0.4, -0.2) is 56.1 Å². The lowest BCUT2D eigenvalue weighted by molar-refractivity contribution is 0.0938. The van der Waals surface area contributed by atoms with Crippen molar-refractivity contribution in [2.45, 2.75) is 45.7 Å². The molecule has 8 heteroatoms. The fourth-order valence-electron chi connectivity index (χ4n) is 5.36. The zero-order valence-electron chi connectivity index (χ0n) is 23.5. The SMILES string of the molecule is CCN1CCC[C@H]1COc1ccc(C)c(C(=O)N[C@H](C)c2cc(-c3cnn(C)c3)cc(-c3cnn(C)c3)c2)c1. The molecular weight excluding hydrogens is 488 g/mol. The van der Waals surface area contributed by atoms with Crippen LogP contribution >= 0.6 is 0 Å². The van der Waals surface area contributed by atoms with Crippen molar-refractivity contribution in [1.82, 2.24) is 29.8 Å². The van der Waals surface area contributed by atoms with E-state index in [-0.39, 0.29) is 11.9 Å². The van der Waals surface area contributed by atoms with Gasteiger partial charge >= 0.3 is 0 Å². The molecular formula is C31H38N6O2. The third kappa shape index (κ3) is 6.06. The topological polar surface area (TPSA) is 77.2 Å². The van der Waals surface area contributed by atoms with E-state index in [1.54, 1.807) is 9.36 Å². The van der Waals surface area contributed by atoms with E-state index >= 15 is 0 Å². The Morgan fingerprint density at radius 3 is 2.28 bits per heavy atom. The van der Waals surface area contributed by atoms with E-state index in [2.05, 4.69) is 45.5 Å². The monoisotopic (exact) mass is 526 g/mol. The summed E-state index contributed by atoms with van der Waals surface area (Å²) >= 11 is 0. The van der Waals surface area contributed by atoms with Crippen LogP contribution < -0.4 is 10.1 Å². The number of amides is 1. The number of likely N-dealkylation sites (tertiary alicyclic amines) is 1. The first-order valence-corrected chi connectivity index (χ1v) is 13.7. The van der Waals surface area contributed by atoms with Gasteiger partial charge in [-0.2, -0.15) is 10.2 Å². The number of carbonyl (C=O) groups excluding carboxylic acids is 1. The molecule has 8 nitrogen and oxygen atoms in total. The average Bonchev–Trinajstić information content (AvgIpc) is 3.68. The second kappa shape index (κ2) is 11.5. The third-order valence-electron chi connectivity index (χ3n) is 7.68. The van der Waals surface area contributed by atoms with Crippen molar-refractivity contribution < 1.29 is 9.53 Å². The average molecular weight is 527 g/mol. The fourth-order valence-corrected chi connectivity index (χ4v) is 5.36. The van der Waals surface area contributed by atoms with Crippen molar-refractivity contribution >= 4 is 5.91 Å². The summed E-state index contributed by atoms with van der Waals surface area (Å²) in [5.41, 5.74) is 6.69. The first-order chi connectivity index (χ1) is 18.8. The van der Waals surface area contributed by atoms with Crippen molar-refractivity contribution in [1.29, 1.82) is 0 Å². The van der Waals surface area contributed by atoms with Gasteiger partial charge < -0.3 is 10.1 Å². The van der Waals surface area contributed by atoms with Crippen molar-refractivity contribution in [3.05, 3.63) is 77.9 Å². The van der Waals surface area contributed by atoms with Crippen LogP contribution in [0, 0.1) is 6.92 Å². The highest BCUT2D eigenvalue weighted by Gasteiger charge is 2.24. The van der Waals surface area contributed by atoms with Crippen LogP contribution in [0.15, 0.2) is 61.2 Å². The van der Waals surface area contributed by atoms with Gasteiger partial charge in [0.15, 0.2) is 0 Å². The quantitative estimate of drug-likeness (QED) is 0.326. The lowest BCUT2D eigenvalue weighted by Gasteiger charge is -2.23. The number of ether oxygens (including phenoxy) is 1. The first kappa shape index (κ1) is 26.7. The maximum absolute atomic E-state index is 13.5. The van der Waals surface area contributed by atoms with Gasteiger partial charge in [-0.25, -0.2) is 0 Å². The molecule has 1 N–H and O–H groups in total. The zero-order valence-corrected chi connectivity index (χ0v) is 23.5. The second-order valence-electron chi connectivity index (χ2n) is 10.6. The number of nitrogens with zero attached hydrogens (tertiary/aromatic N) is 5. The molecule has 0 bridgehead atoms. The van der Waals surface area contributed by atoms with E-state index in [1.165, 1.54) is 6.42 Å². The van der Waals surface area contributed by atoms with E-state index in [1.807, 2.05) is 70.9 Å². The molecule has 1 saturated heterocycles. The predicted octanol–water partition coefficient (Wildman–Crippen LogP) is 5.15. The minimum atomic E-state index is -0.217. The molecule has 0 radical (unpaired) electrons.